The Kier molecular flexibility index (Phi) is 4.89. The number of ether oxygens (including phenoxy) is 1. The lowest BCUT2D eigenvalue weighted by atomic mass is 10.2. The molecule has 0 atom stereocenters. The minimum absolute atomic E-state index is 0.422. The number of rotatable bonds is 3. The fourth-order valence-corrected chi connectivity index (χ4v) is 3.39. The summed E-state index contributed by atoms with van der Waals surface area (Å²) >= 11 is 13.6. The van der Waals surface area contributed by atoms with E-state index in [1.165, 1.54) is 18.4 Å². The zero-order valence-corrected chi connectivity index (χ0v) is 14.0. The van der Waals surface area contributed by atoms with Gasteiger partial charge in [-0.3, -0.25) is 0 Å². The molecule has 2 rings (SSSR count). The third-order valence-electron chi connectivity index (χ3n) is 3.04. The molecule has 0 amide bonds. The molecule has 3 nitrogen and oxygen atoms in total. The van der Waals surface area contributed by atoms with Crippen molar-refractivity contribution in [3.05, 3.63) is 43.7 Å². The van der Waals surface area contributed by atoms with E-state index in [0.29, 0.717) is 31.9 Å². The Morgan fingerprint density at radius 2 is 2.05 bits per heavy atom. The highest BCUT2D eigenvalue weighted by atomic mass is 35.5. The molecule has 6 heteroatoms. The second-order valence-corrected chi connectivity index (χ2v) is 6.39. The van der Waals surface area contributed by atoms with Gasteiger partial charge in [-0.25, -0.2) is 4.99 Å². The average Bonchev–Trinajstić information content (AvgIpc) is 2.70. The van der Waals surface area contributed by atoms with Crippen molar-refractivity contribution in [2.24, 2.45) is 4.99 Å². The number of nitriles is 1. The molecule has 1 heterocycles. The number of methoxy groups -OCH3 is 1. The maximum Gasteiger partial charge on any atom is 0.146 e. The molecule has 0 radical (unpaired) electrons. The van der Waals surface area contributed by atoms with Crippen LogP contribution in [0.25, 0.3) is 0 Å². The first-order chi connectivity index (χ1) is 9.97. The number of nitrogens with zero attached hydrogens (tertiary/aromatic N) is 2. The van der Waals surface area contributed by atoms with Crippen LogP contribution in [0.2, 0.25) is 10.0 Å². The maximum atomic E-state index is 9.21. The lowest BCUT2D eigenvalue weighted by molar-refractivity contribution is 0.414. The Morgan fingerprint density at radius 1 is 1.33 bits per heavy atom. The van der Waals surface area contributed by atoms with Crippen LogP contribution in [0, 0.1) is 25.2 Å². The van der Waals surface area contributed by atoms with E-state index < -0.39 is 0 Å². The molecule has 0 spiro atoms. The smallest absolute Gasteiger partial charge is 0.146 e. The molecular weight excluding hydrogens is 327 g/mol. The molecule has 0 N–H and O–H groups in total. The van der Waals surface area contributed by atoms with Crippen molar-refractivity contribution in [1.29, 1.82) is 5.26 Å². The van der Waals surface area contributed by atoms with Gasteiger partial charge in [-0.15, -0.1) is 11.3 Å². The van der Waals surface area contributed by atoms with E-state index in [4.69, 9.17) is 27.9 Å². The second kappa shape index (κ2) is 6.48. The molecule has 0 aliphatic carbocycles. The van der Waals surface area contributed by atoms with Crippen LogP contribution in [-0.2, 0) is 0 Å². The number of aryl methyl sites for hydroxylation is 1. The van der Waals surface area contributed by atoms with Crippen LogP contribution < -0.4 is 4.74 Å². The van der Waals surface area contributed by atoms with Gasteiger partial charge in [0.25, 0.3) is 0 Å². The van der Waals surface area contributed by atoms with Gasteiger partial charge in [-0.05, 0) is 31.5 Å². The Balaban J connectivity index is 2.48. The molecule has 0 aliphatic heterocycles. The van der Waals surface area contributed by atoms with Crippen molar-refractivity contribution in [3.63, 3.8) is 0 Å². The number of hydrogen-bond donors (Lipinski definition) is 0. The van der Waals surface area contributed by atoms with Gasteiger partial charge < -0.3 is 4.74 Å². The number of halogens is 2. The van der Waals surface area contributed by atoms with Gasteiger partial charge in [-0.2, -0.15) is 5.26 Å². The van der Waals surface area contributed by atoms with E-state index in [1.807, 2.05) is 13.8 Å². The van der Waals surface area contributed by atoms with Crippen LogP contribution in [0.15, 0.2) is 17.1 Å². The highest BCUT2D eigenvalue weighted by Crippen LogP contribution is 2.35. The Bertz CT molecular complexity index is 760. The first-order valence-corrected chi connectivity index (χ1v) is 7.62. The molecule has 108 valence electrons. The summed E-state index contributed by atoms with van der Waals surface area (Å²) in [7, 11) is 1.53. The van der Waals surface area contributed by atoms with Crippen LogP contribution in [0.3, 0.4) is 0 Å². The number of hydrogen-bond acceptors (Lipinski definition) is 4. The highest BCUT2D eigenvalue weighted by Gasteiger charge is 2.12. The normalized spacial score (nSPS) is 10.9. The van der Waals surface area contributed by atoms with Gasteiger partial charge >= 0.3 is 0 Å². The van der Waals surface area contributed by atoms with Crippen LogP contribution >= 0.6 is 34.5 Å². The van der Waals surface area contributed by atoms with Crippen LogP contribution in [-0.4, -0.2) is 13.3 Å². The SMILES string of the molecule is COc1c(Cl)cc(Cl)cc1/C=N/c1sc(C)c(C)c1C#N. The molecule has 0 unspecified atom stereocenters. The summed E-state index contributed by atoms with van der Waals surface area (Å²) in [5, 5.41) is 10.8. The molecule has 0 saturated heterocycles. The molecule has 0 bridgehead atoms. The topological polar surface area (TPSA) is 45.4 Å². The Hall–Kier alpha value is -1.54. The van der Waals surface area contributed by atoms with E-state index >= 15 is 0 Å². The Labute approximate surface area is 137 Å². The largest absolute Gasteiger partial charge is 0.495 e. The summed E-state index contributed by atoms with van der Waals surface area (Å²) < 4.78 is 5.26. The summed E-state index contributed by atoms with van der Waals surface area (Å²) in [4.78, 5) is 5.47. The molecule has 2 aromatic rings. The quantitative estimate of drug-likeness (QED) is 0.712. The molecule has 0 saturated carbocycles. The first-order valence-electron chi connectivity index (χ1n) is 6.05. The van der Waals surface area contributed by atoms with E-state index in [9.17, 15) is 5.26 Å². The van der Waals surface area contributed by atoms with Gasteiger partial charge in [0.1, 0.15) is 16.8 Å². The minimum atomic E-state index is 0.422. The van der Waals surface area contributed by atoms with Crippen molar-refractivity contribution >= 4 is 45.8 Å². The summed E-state index contributed by atoms with van der Waals surface area (Å²) in [6, 6.07) is 5.51. The highest BCUT2D eigenvalue weighted by molar-refractivity contribution is 7.16. The van der Waals surface area contributed by atoms with E-state index in [1.54, 1.807) is 18.3 Å². The van der Waals surface area contributed by atoms with Crippen molar-refractivity contribution in [2.45, 2.75) is 13.8 Å². The summed E-state index contributed by atoms with van der Waals surface area (Å²) in [5.74, 6) is 0.508. The number of thiophene rings is 1. The molecule has 0 aliphatic rings. The van der Waals surface area contributed by atoms with Gasteiger partial charge in [0.2, 0.25) is 0 Å². The summed E-state index contributed by atoms with van der Waals surface area (Å²) in [5.41, 5.74) is 2.23. The lowest BCUT2D eigenvalue weighted by Crippen LogP contribution is -1.92. The van der Waals surface area contributed by atoms with E-state index in [0.717, 1.165) is 10.4 Å². The third kappa shape index (κ3) is 3.21. The first kappa shape index (κ1) is 15.8. The summed E-state index contributed by atoms with van der Waals surface area (Å²) in [6.45, 7) is 3.89. The van der Waals surface area contributed by atoms with Crippen LogP contribution in [0.5, 0.6) is 5.75 Å². The lowest BCUT2D eigenvalue weighted by Gasteiger charge is -2.07. The van der Waals surface area contributed by atoms with Crippen molar-refractivity contribution in [1.82, 2.24) is 0 Å². The average molecular weight is 339 g/mol. The molecule has 1 aromatic carbocycles. The van der Waals surface area contributed by atoms with Crippen LogP contribution in [0.1, 0.15) is 21.6 Å². The van der Waals surface area contributed by atoms with Gasteiger partial charge in [0, 0.05) is 21.7 Å². The minimum Gasteiger partial charge on any atom is -0.495 e. The van der Waals surface area contributed by atoms with Crippen molar-refractivity contribution in [2.75, 3.05) is 7.11 Å². The van der Waals surface area contributed by atoms with Gasteiger partial charge in [0.15, 0.2) is 0 Å². The fraction of sp³-hybridized carbons (Fsp3) is 0.200. The summed E-state index contributed by atoms with van der Waals surface area (Å²) in [6.07, 6.45) is 1.61. The number of aliphatic imine (C=N–C) groups is 1. The zero-order valence-electron chi connectivity index (χ0n) is 11.7. The monoisotopic (exact) mass is 338 g/mol. The van der Waals surface area contributed by atoms with E-state index in [-0.39, 0.29) is 0 Å². The second-order valence-electron chi connectivity index (χ2n) is 4.34. The van der Waals surface area contributed by atoms with Crippen LogP contribution in [0.4, 0.5) is 5.00 Å². The van der Waals surface area contributed by atoms with E-state index in [2.05, 4.69) is 11.1 Å². The molecule has 21 heavy (non-hydrogen) atoms. The zero-order chi connectivity index (χ0) is 15.6. The maximum absolute atomic E-state index is 9.21. The molecule has 1 aromatic heterocycles. The van der Waals surface area contributed by atoms with Crippen molar-refractivity contribution in [3.8, 4) is 11.8 Å². The third-order valence-corrected chi connectivity index (χ3v) is 4.65. The Morgan fingerprint density at radius 3 is 2.67 bits per heavy atom. The van der Waals surface area contributed by atoms with Crippen molar-refractivity contribution < 1.29 is 4.74 Å². The van der Waals surface area contributed by atoms with Gasteiger partial charge in [0.05, 0.1) is 17.7 Å². The van der Waals surface area contributed by atoms with Gasteiger partial charge in [-0.1, -0.05) is 23.2 Å². The predicted molar refractivity (Wildman–Crippen MR) is 88.8 cm³/mol. The molecular formula is C15H12Cl2N2OS. The predicted octanol–water partition coefficient (Wildman–Crippen LogP) is 5.30. The standard InChI is InChI=1S/C15H12Cl2N2OS/c1-8-9(2)21-15(12(8)6-18)19-7-10-4-11(16)5-13(17)14(10)20-3/h4-5,7H,1-3H3/b19-7+. The molecule has 0 fully saturated rings. The fourth-order valence-electron chi connectivity index (χ4n) is 1.85. The number of benzene rings is 1.